The smallest absolute Gasteiger partial charge is 0.402 e. The lowest BCUT2D eigenvalue weighted by Gasteiger charge is -1.99. The van der Waals surface area contributed by atoms with Crippen LogP contribution in [0.15, 0.2) is 13.7 Å². The highest BCUT2D eigenvalue weighted by Gasteiger charge is 2.20. The van der Waals surface area contributed by atoms with Gasteiger partial charge in [-0.3, -0.25) is 4.98 Å². The van der Waals surface area contributed by atoms with Gasteiger partial charge in [-0.2, -0.15) is 0 Å². The van der Waals surface area contributed by atoms with Gasteiger partial charge in [0.2, 0.25) is 17.0 Å². The number of aliphatic hydroxyl groups excluding tert-OH is 1. The topological polar surface area (TPSA) is 118 Å². The maximum absolute atomic E-state index is 10.7. The van der Waals surface area contributed by atoms with Crippen LogP contribution in [-0.4, -0.2) is 21.8 Å². The summed E-state index contributed by atoms with van der Waals surface area (Å²) in [6.45, 7) is -0.0286. The van der Waals surface area contributed by atoms with Gasteiger partial charge in [0.05, 0.1) is 0 Å². The van der Waals surface area contributed by atoms with Crippen LogP contribution >= 0.6 is 0 Å². The number of nitrogens with zero attached hydrogens (tertiary/aromatic N) is 1. The second-order valence-corrected chi connectivity index (χ2v) is 2.49. The van der Waals surface area contributed by atoms with Gasteiger partial charge in [0.15, 0.2) is 0 Å². The molecule has 0 saturated carbocycles. The highest BCUT2D eigenvalue weighted by atomic mass is 16.5. The van der Waals surface area contributed by atoms with E-state index in [4.69, 9.17) is 10.3 Å². The maximum Gasteiger partial charge on any atom is 0.418 e. The quantitative estimate of drug-likeness (QED) is 0.558. The minimum atomic E-state index is -1.01. The minimum Gasteiger partial charge on any atom is -0.402 e. The summed E-state index contributed by atoms with van der Waals surface area (Å²) < 4.78 is 9.40. The molecule has 0 amide bonds. The Bertz CT molecular complexity index is 467. The molecule has 0 fully saturated rings. The summed E-state index contributed by atoms with van der Waals surface area (Å²) in [4.78, 5) is 13.0. The van der Waals surface area contributed by atoms with E-state index in [0.29, 0.717) is 0 Å². The first-order chi connectivity index (χ1) is 6.22. The predicted octanol–water partition coefficient (Wildman–Crippen LogP) is -0.899. The monoisotopic (exact) mass is 185 g/mol. The number of hydrogen-bond acceptors (Lipinski definition) is 6. The second kappa shape index (κ2) is 2.71. The van der Waals surface area contributed by atoms with Gasteiger partial charge < -0.3 is 19.8 Å². The summed E-state index contributed by atoms with van der Waals surface area (Å²) in [5.41, 5.74) is 5.48. The van der Waals surface area contributed by atoms with Crippen molar-refractivity contribution in [3.8, 4) is 0 Å². The molecule has 7 nitrogen and oxygen atoms in total. The Kier molecular flexibility index (Phi) is 1.67. The standard InChI is InChI=1S/C6H7N3O4/c7-1-2(10)3-4-5(9-13-3)8-6(11)12-4/h2,10H,1,7H2,(H,8,9,11). The molecule has 13 heavy (non-hydrogen) atoms. The highest BCUT2D eigenvalue weighted by molar-refractivity contribution is 5.69. The minimum absolute atomic E-state index is 0.0286. The molecule has 2 aromatic rings. The molecule has 2 aromatic heterocycles. The van der Waals surface area contributed by atoms with Crippen molar-refractivity contribution in [2.45, 2.75) is 6.10 Å². The normalized spacial score (nSPS) is 13.7. The molecule has 0 aliphatic rings. The number of aromatic amines is 1. The molecule has 0 aliphatic heterocycles. The summed E-state index contributed by atoms with van der Waals surface area (Å²) in [6.07, 6.45) is -1.01. The van der Waals surface area contributed by atoms with Crippen molar-refractivity contribution in [1.82, 2.24) is 10.1 Å². The lowest BCUT2D eigenvalue weighted by Crippen LogP contribution is -2.10. The van der Waals surface area contributed by atoms with Crippen LogP contribution in [0.25, 0.3) is 11.2 Å². The molecule has 1 unspecified atom stereocenters. The molecule has 1 atom stereocenters. The van der Waals surface area contributed by atoms with Crippen molar-refractivity contribution < 1.29 is 14.0 Å². The maximum atomic E-state index is 10.7. The number of hydrogen-bond donors (Lipinski definition) is 3. The summed E-state index contributed by atoms with van der Waals surface area (Å²) >= 11 is 0. The molecule has 0 spiro atoms. The molecule has 2 rings (SSSR count). The third kappa shape index (κ3) is 1.14. The van der Waals surface area contributed by atoms with E-state index < -0.39 is 11.9 Å². The van der Waals surface area contributed by atoms with Crippen LogP contribution < -0.4 is 11.5 Å². The number of fused-ring (bicyclic) bond motifs is 1. The van der Waals surface area contributed by atoms with Crippen molar-refractivity contribution in [1.29, 1.82) is 0 Å². The van der Waals surface area contributed by atoms with E-state index in [9.17, 15) is 9.90 Å². The van der Waals surface area contributed by atoms with Crippen molar-refractivity contribution >= 4 is 11.2 Å². The molecule has 0 saturated heterocycles. The van der Waals surface area contributed by atoms with Gasteiger partial charge in [-0.15, -0.1) is 0 Å². The number of rotatable bonds is 2. The van der Waals surface area contributed by atoms with E-state index in [2.05, 4.69) is 14.6 Å². The average Bonchev–Trinajstić information content (AvgIpc) is 2.61. The first kappa shape index (κ1) is 8.02. The Morgan fingerprint density at radius 2 is 2.46 bits per heavy atom. The molecular formula is C6H7N3O4. The molecule has 0 radical (unpaired) electrons. The van der Waals surface area contributed by atoms with E-state index in [-0.39, 0.29) is 23.5 Å². The van der Waals surface area contributed by atoms with Crippen molar-refractivity contribution in [2.24, 2.45) is 5.73 Å². The van der Waals surface area contributed by atoms with Crippen LogP contribution in [0.1, 0.15) is 11.9 Å². The van der Waals surface area contributed by atoms with Crippen molar-refractivity contribution in [3.05, 3.63) is 16.3 Å². The van der Waals surface area contributed by atoms with Gasteiger partial charge in [0.25, 0.3) is 0 Å². The highest BCUT2D eigenvalue weighted by Crippen LogP contribution is 2.20. The number of H-pyrrole nitrogens is 1. The van der Waals surface area contributed by atoms with E-state index in [1.54, 1.807) is 0 Å². The van der Waals surface area contributed by atoms with Gasteiger partial charge in [-0.05, 0) is 0 Å². The Morgan fingerprint density at radius 3 is 3.15 bits per heavy atom. The zero-order chi connectivity index (χ0) is 9.42. The lowest BCUT2D eigenvalue weighted by molar-refractivity contribution is 0.147. The SMILES string of the molecule is NCC(O)c1onc2[nH]c(=O)oc12. The fourth-order valence-corrected chi connectivity index (χ4v) is 1.01. The number of nitrogens with one attached hydrogen (secondary N) is 1. The molecule has 0 bridgehead atoms. The fraction of sp³-hybridized carbons (Fsp3) is 0.333. The zero-order valence-corrected chi connectivity index (χ0v) is 6.48. The first-order valence-electron chi connectivity index (χ1n) is 3.59. The number of aromatic nitrogens is 2. The average molecular weight is 185 g/mol. The van der Waals surface area contributed by atoms with Crippen LogP contribution in [0, 0.1) is 0 Å². The van der Waals surface area contributed by atoms with Gasteiger partial charge >= 0.3 is 5.76 Å². The van der Waals surface area contributed by atoms with E-state index in [1.807, 2.05) is 0 Å². The summed E-state index contributed by atoms with van der Waals surface area (Å²) in [6, 6.07) is 0. The van der Waals surface area contributed by atoms with E-state index >= 15 is 0 Å². The number of oxazole rings is 1. The van der Waals surface area contributed by atoms with Crippen LogP contribution in [0.2, 0.25) is 0 Å². The largest absolute Gasteiger partial charge is 0.418 e. The molecule has 0 aliphatic carbocycles. The number of nitrogens with two attached hydrogens (primary N) is 1. The third-order valence-corrected chi connectivity index (χ3v) is 1.62. The molecule has 0 aromatic carbocycles. The molecule has 70 valence electrons. The van der Waals surface area contributed by atoms with Gasteiger partial charge in [0, 0.05) is 6.54 Å². The zero-order valence-electron chi connectivity index (χ0n) is 6.48. The Balaban J connectivity index is 2.62. The van der Waals surface area contributed by atoms with Gasteiger partial charge in [-0.1, -0.05) is 5.16 Å². The van der Waals surface area contributed by atoms with Gasteiger partial charge in [0.1, 0.15) is 6.10 Å². The summed E-state index contributed by atoms with van der Waals surface area (Å²) in [5.74, 6) is -0.574. The van der Waals surface area contributed by atoms with Crippen LogP contribution in [-0.2, 0) is 0 Å². The van der Waals surface area contributed by atoms with Crippen LogP contribution in [0.3, 0.4) is 0 Å². The van der Waals surface area contributed by atoms with Crippen molar-refractivity contribution in [2.75, 3.05) is 6.54 Å². The molecule has 4 N–H and O–H groups in total. The third-order valence-electron chi connectivity index (χ3n) is 1.62. The summed E-state index contributed by atoms with van der Waals surface area (Å²) in [7, 11) is 0. The van der Waals surface area contributed by atoms with E-state index in [1.165, 1.54) is 0 Å². The molecule has 2 heterocycles. The van der Waals surface area contributed by atoms with E-state index in [0.717, 1.165) is 0 Å². The Hall–Kier alpha value is -1.60. The molecule has 7 heteroatoms. The Labute approximate surface area is 71.1 Å². The predicted molar refractivity (Wildman–Crippen MR) is 40.9 cm³/mol. The second-order valence-electron chi connectivity index (χ2n) is 2.49. The molecular weight excluding hydrogens is 178 g/mol. The van der Waals surface area contributed by atoms with Crippen LogP contribution in [0.4, 0.5) is 0 Å². The lowest BCUT2D eigenvalue weighted by atomic mass is 10.3. The van der Waals surface area contributed by atoms with Crippen molar-refractivity contribution in [3.63, 3.8) is 0 Å². The number of aliphatic hydroxyl groups is 1. The Morgan fingerprint density at radius 1 is 1.69 bits per heavy atom. The fourth-order valence-electron chi connectivity index (χ4n) is 1.01. The van der Waals surface area contributed by atoms with Gasteiger partial charge in [-0.25, -0.2) is 4.79 Å². The summed E-state index contributed by atoms with van der Waals surface area (Å²) in [5, 5.41) is 12.8. The first-order valence-corrected chi connectivity index (χ1v) is 3.59. The van der Waals surface area contributed by atoms with Crippen LogP contribution in [0.5, 0.6) is 0 Å².